The zero-order valence-corrected chi connectivity index (χ0v) is 18.0. The molecule has 1 amide bonds. The van der Waals surface area contributed by atoms with Gasteiger partial charge in [0, 0.05) is 30.7 Å². The van der Waals surface area contributed by atoms with E-state index in [0.717, 1.165) is 29.1 Å². The molecule has 0 spiro atoms. The van der Waals surface area contributed by atoms with Gasteiger partial charge in [-0.25, -0.2) is 4.98 Å². The first-order valence-electron chi connectivity index (χ1n) is 10.6. The van der Waals surface area contributed by atoms with Crippen LogP contribution in [0.2, 0.25) is 0 Å². The Labute approximate surface area is 177 Å². The third-order valence-electron chi connectivity index (χ3n) is 6.08. The van der Waals surface area contributed by atoms with Crippen molar-refractivity contribution < 1.29 is 13.9 Å². The van der Waals surface area contributed by atoms with Crippen LogP contribution in [0, 0.1) is 11.3 Å². The number of nitriles is 1. The summed E-state index contributed by atoms with van der Waals surface area (Å²) in [6.45, 7) is 10.7. The Morgan fingerprint density at radius 1 is 1.27 bits per heavy atom. The second kappa shape index (κ2) is 8.11. The van der Waals surface area contributed by atoms with Crippen molar-refractivity contribution in [1.82, 2.24) is 9.88 Å². The normalized spacial score (nSPS) is 21.5. The van der Waals surface area contributed by atoms with Crippen molar-refractivity contribution in [3.05, 3.63) is 46.5 Å². The number of anilines is 1. The van der Waals surface area contributed by atoms with Crippen LogP contribution in [0.25, 0.3) is 0 Å². The largest absolute Gasteiger partial charge is 0.459 e. The summed E-state index contributed by atoms with van der Waals surface area (Å²) >= 11 is 0. The lowest BCUT2D eigenvalue weighted by Gasteiger charge is -2.45. The van der Waals surface area contributed by atoms with Crippen molar-refractivity contribution in [3.8, 4) is 6.07 Å². The minimum atomic E-state index is -0.0991. The molecule has 0 aliphatic carbocycles. The summed E-state index contributed by atoms with van der Waals surface area (Å²) in [5, 5.41) is 10.0. The standard InChI is InChI=1S/C23H28N4O3/c1-14(2)21-19-13-29-9-7-17(19)18(10-24)22(25-21)26-11-16(4)27(12-15(26)3)23(28)20-6-5-8-30-20/h5-6,8,14-16H,7,9,11-13H2,1-4H3. The van der Waals surface area contributed by atoms with E-state index >= 15 is 0 Å². The fourth-order valence-corrected chi connectivity index (χ4v) is 4.51. The zero-order chi connectivity index (χ0) is 21.4. The number of carbonyl (C=O) groups excluding carboxylic acids is 1. The Hall–Kier alpha value is -2.85. The number of pyridine rings is 1. The van der Waals surface area contributed by atoms with Gasteiger partial charge in [-0.3, -0.25) is 4.79 Å². The minimum absolute atomic E-state index is 0.0256. The van der Waals surface area contributed by atoms with E-state index in [4.69, 9.17) is 14.1 Å². The molecule has 7 heteroatoms. The van der Waals surface area contributed by atoms with Gasteiger partial charge in [-0.2, -0.15) is 5.26 Å². The fraction of sp³-hybridized carbons (Fsp3) is 0.522. The molecule has 30 heavy (non-hydrogen) atoms. The number of hydrogen-bond acceptors (Lipinski definition) is 6. The lowest BCUT2D eigenvalue weighted by atomic mass is 9.92. The molecule has 4 rings (SSSR count). The monoisotopic (exact) mass is 408 g/mol. The number of furan rings is 1. The number of hydrogen-bond donors (Lipinski definition) is 0. The van der Waals surface area contributed by atoms with E-state index in [9.17, 15) is 10.1 Å². The van der Waals surface area contributed by atoms with Gasteiger partial charge >= 0.3 is 0 Å². The fourth-order valence-electron chi connectivity index (χ4n) is 4.51. The van der Waals surface area contributed by atoms with Crippen molar-refractivity contribution in [2.45, 2.75) is 58.7 Å². The molecular formula is C23H28N4O3. The average Bonchev–Trinajstić information content (AvgIpc) is 3.28. The van der Waals surface area contributed by atoms with Crippen molar-refractivity contribution in [2.24, 2.45) is 0 Å². The van der Waals surface area contributed by atoms with Crippen LogP contribution in [0.4, 0.5) is 5.82 Å². The maximum absolute atomic E-state index is 12.8. The van der Waals surface area contributed by atoms with E-state index in [-0.39, 0.29) is 23.9 Å². The molecular weight excluding hydrogens is 380 g/mol. The van der Waals surface area contributed by atoms with E-state index < -0.39 is 0 Å². The molecule has 2 aromatic heterocycles. The first-order valence-corrected chi connectivity index (χ1v) is 10.6. The first kappa shape index (κ1) is 20.4. The Kier molecular flexibility index (Phi) is 5.52. The molecule has 2 aliphatic rings. The molecule has 0 bridgehead atoms. The highest BCUT2D eigenvalue weighted by Gasteiger charge is 2.36. The molecule has 2 aliphatic heterocycles. The second-order valence-electron chi connectivity index (χ2n) is 8.51. The lowest BCUT2D eigenvalue weighted by Crippen LogP contribution is -2.58. The summed E-state index contributed by atoms with van der Waals surface area (Å²) in [7, 11) is 0. The molecule has 2 atom stereocenters. The Balaban J connectivity index is 1.70. The van der Waals surface area contributed by atoms with Gasteiger partial charge in [0.2, 0.25) is 0 Å². The van der Waals surface area contributed by atoms with Gasteiger partial charge < -0.3 is 19.0 Å². The Morgan fingerprint density at radius 2 is 2.07 bits per heavy atom. The van der Waals surface area contributed by atoms with E-state index in [1.807, 2.05) is 11.8 Å². The van der Waals surface area contributed by atoms with Crippen LogP contribution in [-0.4, -0.2) is 47.6 Å². The van der Waals surface area contributed by atoms with Gasteiger partial charge in [-0.05, 0) is 43.9 Å². The maximum Gasteiger partial charge on any atom is 0.289 e. The average molecular weight is 409 g/mol. The quantitative estimate of drug-likeness (QED) is 0.773. The number of carbonyl (C=O) groups is 1. The van der Waals surface area contributed by atoms with Gasteiger partial charge in [0.15, 0.2) is 5.76 Å². The van der Waals surface area contributed by atoms with Gasteiger partial charge in [0.1, 0.15) is 11.9 Å². The molecule has 0 saturated carbocycles. The molecule has 4 heterocycles. The number of nitrogens with zero attached hydrogens (tertiary/aromatic N) is 4. The SMILES string of the molecule is CC(C)c1nc(N2CC(C)N(C(=O)c3ccco3)CC2C)c(C#N)c2c1COCC2. The molecule has 158 valence electrons. The van der Waals surface area contributed by atoms with E-state index in [0.29, 0.717) is 37.6 Å². The van der Waals surface area contributed by atoms with Crippen molar-refractivity contribution >= 4 is 11.7 Å². The number of ether oxygens (including phenoxy) is 1. The van der Waals surface area contributed by atoms with Crippen molar-refractivity contribution in [1.29, 1.82) is 5.26 Å². The summed E-state index contributed by atoms with van der Waals surface area (Å²) in [5.74, 6) is 1.24. The molecule has 2 aromatic rings. The Bertz CT molecular complexity index is 977. The summed E-state index contributed by atoms with van der Waals surface area (Å²) in [6, 6.07) is 5.84. The van der Waals surface area contributed by atoms with E-state index in [2.05, 4.69) is 31.7 Å². The predicted molar refractivity (Wildman–Crippen MR) is 112 cm³/mol. The molecule has 0 N–H and O–H groups in total. The highest BCUT2D eigenvalue weighted by molar-refractivity contribution is 5.92. The minimum Gasteiger partial charge on any atom is -0.459 e. The summed E-state index contributed by atoms with van der Waals surface area (Å²) in [4.78, 5) is 21.9. The summed E-state index contributed by atoms with van der Waals surface area (Å²) < 4.78 is 11.0. The van der Waals surface area contributed by atoms with Crippen LogP contribution in [0.15, 0.2) is 22.8 Å². The van der Waals surface area contributed by atoms with Crippen molar-refractivity contribution in [2.75, 3.05) is 24.6 Å². The molecule has 0 radical (unpaired) electrons. The van der Waals surface area contributed by atoms with Gasteiger partial charge in [-0.1, -0.05) is 13.8 Å². The topological polar surface area (TPSA) is 82.6 Å². The van der Waals surface area contributed by atoms with Crippen LogP contribution in [0.3, 0.4) is 0 Å². The molecule has 7 nitrogen and oxygen atoms in total. The number of fused-ring (bicyclic) bond motifs is 1. The number of amides is 1. The highest BCUT2D eigenvalue weighted by atomic mass is 16.5. The smallest absolute Gasteiger partial charge is 0.289 e. The van der Waals surface area contributed by atoms with Crippen LogP contribution in [0.5, 0.6) is 0 Å². The molecule has 1 saturated heterocycles. The van der Waals surface area contributed by atoms with E-state index in [1.165, 1.54) is 6.26 Å². The van der Waals surface area contributed by atoms with E-state index in [1.54, 1.807) is 12.1 Å². The number of piperazine rings is 1. The zero-order valence-electron chi connectivity index (χ0n) is 18.0. The summed E-state index contributed by atoms with van der Waals surface area (Å²) in [5.41, 5.74) is 3.81. The van der Waals surface area contributed by atoms with Crippen LogP contribution in [0.1, 0.15) is 66.6 Å². The molecule has 0 aromatic carbocycles. The lowest BCUT2D eigenvalue weighted by molar-refractivity contribution is 0.0611. The van der Waals surface area contributed by atoms with Crippen molar-refractivity contribution in [3.63, 3.8) is 0 Å². The molecule has 1 fully saturated rings. The van der Waals surface area contributed by atoms with Crippen LogP contribution < -0.4 is 4.90 Å². The number of rotatable bonds is 3. The third kappa shape index (κ3) is 3.46. The van der Waals surface area contributed by atoms with Crippen LogP contribution >= 0.6 is 0 Å². The van der Waals surface area contributed by atoms with Gasteiger partial charge in [-0.15, -0.1) is 0 Å². The maximum atomic E-state index is 12.8. The third-order valence-corrected chi connectivity index (χ3v) is 6.08. The second-order valence-corrected chi connectivity index (χ2v) is 8.51. The van der Waals surface area contributed by atoms with Gasteiger partial charge in [0.05, 0.1) is 30.7 Å². The first-order chi connectivity index (χ1) is 14.4. The highest BCUT2D eigenvalue weighted by Crippen LogP contribution is 2.35. The Morgan fingerprint density at radius 3 is 2.73 bits per heavy atom. The summed E-state index contributed by atoms with van der Waals surface area (Å²) in [6.07, 6.45) is 2.25. The predicted octanol–water partition coefficient (Wildman–Crippen LogP) is 3.48. The van der Waals surface area contributed by atoms with Gasteiger partial charge in [0.25, 0.3) is 5.91 Å². The van der Waals surface area contributed by atoms with Crippen LogP contribution in [-0.2, 0) is 17.8 Å². The number of aromatic nitrogens is 1. The molecule has 2 unspecified atom stereocenters.